The molecule has 0 radical (unpaired) electrons. The molecule has 0 aromatic heterocycles. The zero-order valence-corrected chi connectivity index (χ0v) is 57.8. The van der Waals surface area contributed by atoms with Crippen LogP contribution in [0.3, 0.4) is 0 Å². The fraction of sp³-hybridized carbons (Fsp3) is 0.850. The summed E-state index contributed by atoms with van der Waals surface area (Å²) in [5.41, 5.74) is 0. The van der Waals surface area contributed by atoms with E-state index in [9.17, 15) is 19.8 Å². The van der Waals surface area contributed by atoms with Gasteiger partial charge in [0.15, 0.2) is 0 Å². The van der Waals surface area contributed by atoms with Crippen LogP contribution in [0, 0.1) is 0 Å². The van der Waals surface area contributed by atoms with Crippen molar-refractivity contribution in [2.75, 3.05) is 13.2 Å². The quantitative estimate of drug-likeness (QED) is 0.0320. The Balaban J connectivity index is 3.36. The van der Waals surface area contributed by atoms with Gasteiger partial charge in [0.1, 0.15) is 0 Å². The van der Waals surface area contributed by atoms with Crippen LogP contribution in [0.1, 0.15) is 412 Å². The molecule has 0 rings (SSSR count). The van der Waals surface area contributed by atoms with E-state index in [0.717, 1.165) is 57.8 Å². The van der Waals surface area contributed by atoms with E-state index >= 15 is 0 Å². The molecule has 2 atom stereocenters. The van der Waals surface area contributed by atoms with Gasteiger partial charge in [-0.15, -0.1) is 0 Å². The summed E-state index contributed by atoms with van der Waals surface area (Å²) in [5.74, 6) is -0.0567. The van der Waals surface area contributed by atoms with Crippen molar-refractivity contribution in [2.24, 2.45) is 0 Å². The zero-order chi connectivity index (χ0) is 62.0. The lowest BCUT2D eigenvalue weighted by atomic mass is 10.0. The van der Waals surface area contributed by atoms with E-state index in [1.165, 1.54) is 327 Å². The average Bonchev–Trinajstić information content (AvgIpc) is 3.51. The average molecular weight is 1210 g/mol. The van der Waals surface area contributed by atoms with Crippen molar-refractivity contribution in [3.8, 4) is 0 Å². The first kappa shape index (κ1) is 83.6. The molecule has 504 valence electrons. The summed E-state index contributed by atoms with van der Waals surface area (Å²) in [6.07, 6.45) is 101. The minimum atomic E-state index is -0.842. The summed E-state index contributed by atoms with van der Waals surface area (Å²) < 4.78 is 5.49. The molecular formula is C80H149NO5. The Kier molecular flexibility index (Phi) is 72.9. The maximum Gasteiger partial charge on any atom is 0.305 e. The zero-order valence-electron chi connectivity index (χ0n) is 57.8. The highest BCUT2D eigenvalue weighted by Gasteiger charge is 2.18. The lowest BCUT2D eigenvalue weighted by Gasteiger charge is -2.20. The molecular weight excluding hydrogens is 1050 g/mol. The van der Waals surface area contributed by atoms with Gasteiger partial charge in [-0.2, -0.15) is 0 Å². The van der Waals surface area contributed by atoms with Gasteiger partial charge in [0.05, 0.1) is 25.4 Å². The number of nitrogens with one attached hydrogen (secondary N) is 1. The van der Waals surface area contributed by atoms with Crippen LogP contribution in [-0.4, -0.2) is 47.4 Å². The fourth-order valence-corrected chi connectivity index (χ4v) is 11.9. The Hall–Kier alpha value is -2.44. The maximum atomic E-state index is 12.5. The Labute approximate surface area is 537 Å². The van der Waals surface area contributed by atoms with Gasteiger partial charge < -0.3 is 20.3 Å². The second kappa shape index (κ2) is 75.0. The number of carbonyl (C=O) groups excluding carboxylic acids is 2. The van der Waals surface area contributed by atoms with E-state index in [-0.39, 0.29) is 18.5 Å². The molecule has 0 saturated carbocycles. The largest absolute Gasteiger partial charge is 0.466 e. The predicted octanol–water partition coefficient (Wildman–Crippen LogP) is 25.4. The molecule has 0 spiro atoms. The molecule has 0 saturated heterocycles. The van der Waals surface area contributed by atoms with Crippen molar-refractivity contribution in [1.82, 2.24) is 5.32 Å². The number of ether oxygens (including phenoxy) is 1. The van der Waals surface area contributed by atoms with Crippen molar-refractivity contribution in [3.05, 3.63) is 60.8 Å². The smallest absolute Gasteiger partial charge is 0.305 e. The normalized spacial score (nSPS) is 12.8. The number of amides is 1. The van der Waals surface area contributed by atoms with Crippen LogP contribution in [-0.2, 0) is 14.3 Å². The monoisotopic (exact) mass is 1200 g/mol. The lowest BCUT2D eigenvalue weighted by molar-refractivity contribution is -0.143. The number of aliphatic hydroxyl groups is 2. The number of esters is 1. The number of hydrogen-bond donors (Lipinski definition) is 3. The van der Waals surface area contributed by atoms with Crippen LogP contribution in [0.25, 0.3) is 0 Å². The first-order valence-corrected chi connectivity index (χ1v) is 38.6. The Morgan fingerprint density at radius 3 is 0.895 bits per heavy atom. The van der Waals surface area contributed by atoms with Crippen molar-refractivity contribution >= 4 is 11.9 Å². The molecule has 0 aliphatic carbocycles. The third-order valence-electron chi connectivity index (χ3n) is 17.8. The molecule has 0 aliphatic heterocycles. The molecule has 3 N–H and O–H groups in total. The van der Waals surface area contributed by atoms with Gasteiger partial charge >= 0.3 is 5.97 Å². The van der Waals surface area contributed by atoms with E-state index in [1.807, 2.05) is 6.08 Å². The molecule has 6 nitrogen and oxygen atoms in total. The summed E-state index contributed by atoms with van der Waals surface area (Å²) >= 11 is 0. The molecule has 0 heterocycles. The Morgan fingerprint density at radius 2 is 0.581 bits per heavy atom. The molecule has 2 unspecified atom stereocenters. The predicted molar refractivity (Wildman–Crippen MR) is 379 cm³/mol. The third-order valence-corrected chi connectivity index (χ3v) is 17.8. The lowest BCUT2D eigenvalue weighted by Crippen LogP contribution is -2.45. The van der Waals surface area contributed by atoms with Gasteiger partial charge in [-0.25, -0.2) is 0 Å². The van der Waals surface area contributed by atoms with Gasteiger partial charge in [-0.05, 0) is 96.3 Å². The SMILES string of the molecule is CCCCCC/C=C\C/C=C\CCCCCCCC(=O)OCCCCCCCCCCCCCCCCC/C=C\C/C=C\CCCCCCCCCCCCCCCCCCCC(=O)NC(CO)C(O)/C=C/CCCCCCCCCCCCCC. The molecule has 0 aromatic carbocycles. The van der Waals surface area contributed by atoms with E-state index < -0.39 is 12.1 Å². The van der Waals surface area contributed by atoms with E-state index in [0.29, 0.717) is 19.4 Å². The minimum absolute atomic E-state index is 0.00666. The van der Waals surface area contributed by atoms with Crippen LogP contribution in [0.4, 0.5) is 0 Å². The fourth-order valence-electron chi connectivity index (χ4n) is 11.9. The van der Waals surface area contributed by atoms with Crippen LogP contribution in [0.5, 0.6) is 0 Å². The van der Waals surface area contributed by atoms with Crippen molar-refractivity contribution in [1.29, 1.82) is 0 Å². The Morgan fingerprint density at radius 1 is 0.326 bits per heavy atom. The van der Waals surface area contributed by atoms with Crippen LogP contribution >= 0.6 is 0 Å². The third kappa shape index (κ3) is 70.6. The van der Waals surface area contributed by atoms with Crippen LogP contribution in [0.2, 0.25) is 0 Å². The summed E-state index contributed by atoms with van der Waals surface area (Å²) in [5, 5.41) is 23.2. The van der Waals surface area contributed by atoms with Crippen molar-refractivity contribution < 1.29 is 24.5 Å². The number of allylic oxidation sites excluding steroid dienone is 9. The summed E-state index contributed by atoms with van der Waals surface area (Å²) in [6.45, 7) is 4.90. The second-order valence-electron chi connectivity index (χ2n) is 26.3. The second-order valence-corrected chi connectivity index (χ2v) is 26.3. The molecule has 0 aliphatic rings. The van der Waals surface area contributed by atoms with Crippen LogP contribution < -0.4 is 5.32 Å². The number of unbranched alkanes of at least 4 members (excludes halogenated alkanes) is 53. The van der Waals surface area contributed by atoms with E-state index in [2.05, 4.69) is 67.8 Å². The molecule has 0 bridgehead atoms. The summed E-state index contributed by atoms with van der Waals surface area (Å²) in [7, 11) is 0. The van der Waals surface area contributed by atoms with E-state index in [1.54, 1.807) is 6.08 Å². The topological polar surface area (TPSA) is 95.9 Å². The summed E-state index contributed by atoms with van der Waals surface area (Å²) in [4.78, 5) is 24.6. The molecule has 0 aromatic rings. The van der Waals surface area contributed by atoms with Crippen molar-refractivity contribution in [2.45, 2.75) is 424 Å². The molecule has 6 heteroatoms. The number of carbonyl (C=O) groups is 2. The summed E-state index contributed by atoms with van der Waals surface area (Å²) in [6, 6.07) is -0.626. The van der Waals surface area contributed by atoms with Gasteiger partial charge in [0, 0.05) is 12.8 Å². The highest BCUT2D eigenvalue weighted by atomic mass is 16.5. The standard InChI is InChI=1S/C80H149NO5/c1-3-5-7-9-11-13-15-17-19-46-50-54-58-62-66-70-74-80(85)86-75-71-67-63-59-55-51-47-44-42-40-38-36-34-32-30-28-26-24-22-20-21-23-25-27-29-31-33-35-37-39-41-43-45-49-53-57-61-65-69-73-79(84)81-77(76-82)78(83)72-68-64-60-56-52-48-18-16-14-12-10-8-6-4-2/h13,15,19-21,24,26,46,68,72,77-78,82-83H,3-12,14,16-18,22-23,25,27-45,47-67,69-71,73-76H2,1-2H3,(H,81,84)/b15-13-,21-20-,26-24-,46-19-,72-68+. The molecule has 86 heavy (non-hydrogen) atoms. The molecule has 0 fully saturated rings. The number of hydrogen-bond acceptors (Lipinski definition) is 5. The highest BCUT2D eigenvalue weighted by Crippen LogP contribution is 2.19. The Bertz CT molecular complexity index is 1480. The number of rotatable bonds is 72. The van der Waals surface area contributed by atoms with Gasteiger partial charge in [-0.3, -0.25) is 9.59 Å². The first-order valence-electron chi connectivity index (χ1n) is 38.6. The maximum absolute atomic E-state index is 12.5. The van der Waals surface area contributed by atoms with Gasteiger partial charge in [0.2, 0.25) is 5.91 Å². The number of aliphatic hydroxyl groups excluding tert-OH is 2. The van der Waals surface area contributed by atoms with E-state index in [4.69, 9.17) is 4.74 Å². The van der Waals surface area contributed by atoms with Crippen molar-refractivity contribution in [3.63, 3.8) is 0 Å². The van der Waals surface area contributed by atoms with Crippen LogP contribution in [0.15, 0.2) is 60.8 Å². The first-order chi connectivity index (χ1) is 42.5. The van der Waals surface area contributed by atoms with Gasteiger partial charge in [-0.1, -0.05) is 364 Å². The highest BCUT2D eigenvalue weighted by molar-refractivity contribution is 5.76. The molecule has 1 amide bonds. The minimum Gasteiger partial charge on any atom is -0.466 e. The van der Waals surface area contributed by atoms with Gasteiger partial charge in [0.25, 0.3) is 0 Å².